The van der Waals surface area contributed by atoms with Gasteiger partial charge in [-0.05, 0) is 19.4 Å². The van der Waals surface area contributed by atoms with E-state index in [1.807, 2.05) is 25.1 Å². The molecule has 1 heterocycles. The maximum atomic E-state index is 12.0. The first-order valence-electron chi connectivity index (χ1n) is 6.79. The molecule has 106 valence electrons. The minimum absolute atomic E-state index is 0.0961. The third-order valence-electron chi connectivity index (χ3n) is 3.08. The first-order chi connectivity index (χ1) is 9.61. The second-order valence-corrected chi connectivity index (χ2v) is 5.77. The van der Waals surface area contributed by atoms with Crippen LogP contribution < -0.4 is 4.90 Å². The number of anilines is 1. The summed E-state index contributed by atoms with van der Waals surface area (Å²) in [6.07, 6.45) is 2.49. The second kappa shape index (κ2) is 6.61. The lowest BCUT2D eigenvalue weighted by Crippen LogP contribution is -2.25. The highest BCUT2D eigenvalue weighted by atomic mass is 32.1. The van der Waals surface area contributed by atoms with Gasteiger partial charge in [-0.25, -0.2) is 0 Å². The number of benzene rings is 1. The van der Waals surface area contributed by atoms with Crippen LogP contribution in [0.5, 0.6) is 0 Å². The maximum Gasteiger partial charge on any atom is 0.228 e. The standard InChI is InChI=1S/C15H19N3OS/c1-4-5-9-13(19)18(3)15-17-16-14(20-15)12-8-6-7-11(2)10-12/h6-8,10H,4-5,9H2,1-3H3. The van der Waals surface area contributed by atoms with Crippen molar-refractivity contribution in [3.05, 3.63) is 29.8 Å². The van der Waals surface area contributed by atoms with Crippen molar-refractivity contribution >= 4 is 22.4 Å². The molecule has 0 spiro atoms. The molecule has 0 N–H and O–H groups in total. The minimum Gasteiger partial charge on any atom is -0.290 e. The van der Waals surface area contributed by atoms with Crippen LogP contribution in [0, 0.1) is 6.92 Å². The zero-order valence-corrected chi connectivity index (χ0v) is 12.9. The molecule has 0 bridgehead atoms. The molecule has 0 aliphatic carbocycles. The molecule has 4 nitrogen and oxygen atoms in total. The molecule has 1 amide bonds. The summed E-state index contributed by atoms with van der Waals surface area (Å²) >= 11 is 1.45. The van der Waals surface area contributed by atoms with Crippen LogP contribution in [0.15, 0.2) is 24.3 Å². The fourth-order valence-corrected chi connectivity index (χ4v) is 2.67. The summed E-state index contributed by atoms with van der Waals surface area (Å²) in [4.78, 5) is 13.6. The van der Waals surface area contributed by atoms with Crippen LogP contribution in [0.3, 0.4) is 0 Å². The molecule has 20 heavy (non-hydrogen) atoms. The Kier molecular flexibility index (Phi) is 4.84. The highest BCUT2D eigenvalue weighted by Gasteiger charge is 2.15. The molecule has 0 unspecified atom stereocenters. The monoisotopic (exact) mass is 289 g/mol. The van der Waals surface area contributed by atoms with Gasteiger partial charge in [0.05, 0.1) is 0 Å². The fourth-order valence-electron chi connectivity index (χ4n) is 1.85. The first kappa shape index (κ1) is 14.7. The molecule has 0 radical (unpaired) electrons. The van der Waals surface area contributed by atoms with Gasteiger partial charge in [-0.15, -0.1) is 10.2 Å². The van der Waals surface area contributed by atoms with Gasteiger partial charge in [-0.2, -0.15) is 0 Å². The van der Waals surface area contributed by atoms with Crippen molar-refractivity contribution in [1.82, 2.24) is 10.2 Å². The van der Waals surface area contributed by atoms with Crippen molar-refractivity contribution in [3.8, 4) is 10.6 Å². The lowest BCUT2D eigenvalue weighted by Gasteiger charge is -2.12. The molecular weight excluding hydrogens is 270 g/mol. The van der Waals surface area contributed by atoms with Gasteiger partial charge in [0.2, 0.25) is 11.0 Å². The Labute approximate surface area is 123 Å². The number of hydrogen-bond acceptors (Lipinski definition) is 4. The quantitative estimate of drug-likeness (QED) is 0.843. The van der Waals surface area contributed by atoms with Crippen molar-refractivity contribution in [2.24, 2.45) is 0 Å². The molecule has 0 fully saturated rings. The number of aryl methyl sites for hydroxylation is 1. The van der Waals surface area contributed by atoms with E-state index < -0.39 is 0 Å². The molecule has 5 heteroatoms. The Hall–Kier alpha value is -1.75. The third-order valence-corrected chi connectivity index (χ3v) is 4.13. The van der Waals surface area contributed by atoms with Crippen molar-refractivity contribution in [1.29, 1.82) is 0 Å². The van der Waals surface area contributed by atoms with Crippen molar-refractivity contribution < 1.29 is 4.79 Å². The van der Waals surface area contributed by atoms with Crippen molar-refractivity contribution in [2.75, 3.05) is 11.9 Å². The molecule has 0 saturated heterocycles. The van der Waals surface area contributed by atoms with Gasteiger partial charge >= 0.3 is 0 Å². The maximum absolute atomic E-state index is 12.0. The van der Waals surface area contributed by atoms with Crippen molar-refractivity contribution in [3.63, 3.8) is 0 Å². The molecule has 2 aromatic rings. The number of aromatic nitrogens is 2. The Bertz CT molecular complexity index is 594. The summed E-state index contributed by atoms with van der Waals surface area (Å²) in [5.41, 5.74) is 2.23. The van der Waals surface area contributed by atoms with Gasteiger partial charge in [-0.1, -0.05) is 48.4 Å². The number of unbranched alkanes of at least 4 members (excludes halogenated alkanes) is 1. The van der Waals surface area contributed by atoms with E-state index in [0.717, 1.165) is 23.4 Å². The number of rotatable bonds is 5. The molecule has 0 aliphatic rings. The van der Waals surface area contributed by atoms with Gasteiger partial charge < -0.3 is 0 Å². The fraction of sp³-hybridized carbons (Fsp3) is 0.400. The van der Waals surface area contributed by atoms with E-state index in [4.69, 9.17) is 0 Å². The van der Waals surface area contributed by atoms with E-state index in [0.29, 0.717) is 11.6 Å². The predicted octanol–water partition coefficient (Wildman–Crippen LogP) is 3.67. The smallest absolute Gasteiger partial charge is 0.228 e. The van der Waals surface area contributed by atoms with Gasteiger partial charge in [-0.3, -0.25) is 9.69 Å². The van der Waals surface area contributed by atoms with E-state index in [2.05, 4.69) is 23.2 Å². The lowest BCUT2D eigenvalue weighted by molar-refractivity contribution is -0.118. The Morgan fingerprint density at radius 3 is 2.85 bits per heavy atom. The van der Waals surface area contributed by atoms with Crippen LogP contribution in [0.1, 0.15) is 31.7 Å². The summed E-state index contributed by atoms with van der Waals surface area (Å²) in [7, 11) is 1.76. The number of amides is 1. The highest BCUT2D eigenvalue weighted by Crippen LogP contribution is 2.28. The molecule has 1 aromatic heterocycles. The third kappa shape index (κ3) is 3.42. The molecule has 0 atom stereocenters. The second-order valence-electron chi connectivity index (χ2n) is 4.82. The first-order valence-corrected chi connectivity index (χ1v) is 7.60. The van der Waals surface area contributed by atoms with Crippen LogP contribution in [0.25, 0.3) is 10.6 Å². The average Bonchev–Trinajstić information content (AvgIpc) is 2.93. The van der Waals surface area contributed by atoms with Crippen LogP contribution in [0.4, 0.5) is 5.13 Å². The van der Waals surface area contributed by atoms with Gasteiger partial charge in [0, 0.05) is 19.0 Å². The summed E-state index contributed by atoms with van der Waals surface area (Å²) in [5, 5.41) is 9.81. The number of nitrogens with zero attached hydrogens (tertiary/aromatic N) is 3. The lowest BCUT2D eigenvalue weighted by atomic mass is 10.1. The van der Waals surface area contributed by atoms with Gasteiger partial charge in [0.1, 0.15) is 5.01 Å². The van der Waals surface area contributed by atoms with E-state index in [1.54, 1.807) is 11.9 Å². The highest BCUT2D eigenvalue weighted by molar-refractivity contribution is 7.18. The molecule has 0 aliphatic heterocycles. The number of carbonyl (C=O) groups is 1. The SMILES string of the molecule is CCCCC(=O)N(C)c1nnc(-c2cccc(C)c2)s1. The molecule has 2 rings (SSSR count). The molecule has 0 saturated carbocycles. The number of carbonyl (C=O) groups excluding carboxylic acids is 1. The largest absolute Gasteiger partial charge is 0.290 e. The summed E-state index contributed by atoms with van der Waals surface area (Å²) in [6.45, 7) is 4.12. The van der Waals surface area contributed by atoms with E-state index in [9.17, 15) is 4.79 Å². The van der Waals surface area contributed by atoms with Crippen LogP contribution >= 0.6 is 11.3 Å². The Balaban J connectivity index is 2.14. The van der Waals surface area contributed by atoms with Crippen molar-refractivity contribution in [2.45, 2.75) is 33.1 Å². The van der Waals surface area contributed by atoms with Crippen LogP contribution in [-0.2, 0) is 4.79 Å². The van der Waals surface area contributed by atoms with E-state index in [1.165, 1.54) is 16.9 Å². The Morgan fingerprint density at radius 1 is 1.35 bits per heavy atom. The summed E-state index contributed by atoms with van der Waals surface area (Å²) in [5.74, 6) is 0.0961. The molecular formula is C15H19N3OS. The van der Waals surface area contributed by atoms with Gasteiger partial charge in [0.25, 0.3) is 0 Å². The Morgan fingerprint density at radius 2 is 2.15 bits per heavy atom. The summed E-state index contributed by atoms with van der Waals surface area (Å²) in [6, 6.07) is 8.13. The van der Waals surface area contributed by atoms with E-state index in [-0.39, 0.29) is 5.91 Å². The predicted molar refractivity (Wildman–Crippen MR) is 83.0 cm³/mol. The topological polar surface area (TPSA) is 46.1 Å². The van der Waals surface area contributed by atoms with Crippen LogP contribution in [0.2, 0.25) is 0 Å². The van der Waals surface area contributed by atoms with E-state index >= 15 is 0 Å². The van der Waals surface area contributed by atoms with Gasteiger partial charge in [0.15, 0.2) is 0 Å². The minimum atomic E-state index is 0.0961. The molecule has 1 aromatic carbocycles. The zero-order valence-electron chi connectivity index (χ0n) is 12.1. The average molecular weight is 289 g/mol. The van der Waals surface area contributed by atoms with Crippen LogP contribution in [-0.4, -0.2) is 23.2 Å². The number of hydrogen-bond donors (Lipinski definition) is 0. The summed E-state index contributed by atoms with van der Waals surface area (Å²) < 4.78 is 0. The normalized spacial score (nSPS) is 10.6. The zero-order chi connectivity index (χ0) is 14.5.